The second-order valence-electron chi connectivity index (χ2n) is 7.16. The van der Waals surface area contributed by atoms with Gasteiger partial charge in [-0.05, 0) is 62.9 Å². The Balaban J connectivity index is 0.00000208. The summed E-state index contributed by atoms with van der Waals surface area (Å²) < 4.78 is 1.11. The van der Waals surface area contributed by atoms with Crippen LogP contribution in [0.3, 0.4) is 0 Å². The van der Waals surface area contributed by atoms with Crippen LogP contribution in [0.1, 0.15) is 50.5 Å². The smallest absolute Gasteiger partial charge is 0.223 e. The summed E-state index contributed by atoms with van der Waals surface area (Å²) in [6, 6.07) is 8.55. The molecule has 5 heteroatoms. The molecule has 1 saturated heterocycles. The van der Waals surface area contributed by atoms with Crippen LogP contribution in [-0.2, 0) is 11.2 Å². The lowest BCUT2D eigenvalue weighted by molar-refractivity contribution is -0.128. The highest BCUT2D eigenvalue weighted by Gasteiger charge is 2.35. The van der Waals surface area contributed by atoms with Crippen molar-refractivity contribution in [3.05, 3.63) is 34.3 Å². The molecule has 1 saturated carbocycles. The molecule has 1 heterocycles. The van der Waals surface area contributed by atoms with Crippen LogP contribution < -0.4 is 10.6 Å². The van der Waals surface area contributed by atoms with E-state index in [0.717, 1.165) is 49.7 Å². The molecule has 24 heavy (non-hydrogen) atoms. The van der Waals surface area contributed by atoms with Crippen molar-refractivity contribution < 1.29 is 4.79 Å². The van der Waals surface area contributed by atoms with Crippen molar-refractivity contribution in [1.29, 1.82) is 0 Å². The summed E-state index contributed by atoms with van der Waals surface area (Å²) in [6.07, 6.45) is 8.87. The Bertz CT molecular complexity index is 523. The molecular formula is C19H28BrClN2O. The molecule has 3 nitrogen and oxygen atoms in total. The number of carbonyl (C=O) groups is 1. The van der Waals surface area contributed by atoms with Crippen molar-refractivity contribution >= 4 is 34.2 Å². The highest BCUT2D eigenvalue weighted by molar-refractivity contribution is 9.10. The van der Waals surface area contributed by atoms with Gasteiger partial charge in [-0.3, -0.25) is 4.79 Å². The van der Waals surface area contributed by atoms with Crippen LogP contribution >= 0.6 is 28.3 Å². The van der Waals surface area contributed by atoms with Gasteiger partial charge in [0.05, 0.1) is 0 Å². The standard InChI is InChI=1S/C19H27BrN2O.ClH/c20-17-6-4-15(5-7-17)14-19(10-2-1-3-11-19)22-18(23)16-8-12-21-13-9-16;/h4-7,16,21H,1-3,8-14H2,(H,22,23);1H. The number of carbonyl (C=O) groups excluding carboxylic acids is 1. The maximum atomic E-state index is 12.8. The van der Waals surface area contributed by atoms with Gasteiger partial charge in [-0.25, -0.2) is 0 Å². The van der Waals surface area contributed by atoms with E-state index in [1.54, 1.807) is 0 Å². The first-order valence-corrected chi connectivity index (χ1v) is 9.73. The van der Waals surface area contributed by atoms with Gasteiger partial charge in [0.1, 0.15) is 0 Å². The maximum absolute atomic E-state index is 12.8. The van der Waals surface area contributed by atoms with Gasteiger partial charge in [0.25, 0.3) is 0 Å². The summed E-state index contributed by atoms with van der Waals surface area (Å²) in [6.45, 7) is 1.94. The molecule has 1 aliphatic heterocycles. The Morgan fingerprint density at radius 2 is 1.75 bits per heavy atom. The van der Waals surface area contributed by atoms with E-state index in [1.165, 1.54) is 24.8 Å². The van der Waals surface area contributed by atoms with Crippen molar-refractivity contribution in [2.45, 2.75) is 56.9 Å². The summed E-state index contributed by atoms with van der Waals surface area (Å²) in [5.74, 6) is 0.477. The molecule has 3 rings (SSSR count). The minimum absolute atomic E-state index is 0. The third-order valence-corrected chi connectivity index (χ3v) is 5.89. The Morgan fingerprint density at radius 1 is 1.12 bits per heavy atom. The van der Waals surface area contributed by atoms with Crippen molar-refractivity contribution in [2.24, 2.45) is 5.92 Å². The van der Waals surface area contributed by atoms with Crippen LogP contribution in [0.4, 0.5) is 0 Å². The molecule has 1 amide bonds. The molecule has 0 aromatic heterocycles. The molecule has 2 aliphatic rings. The topological polar surface area (TPSA) is 41.1 Å². The molecule has 2 fully saturated rings. The first kappa shape index (κ1) is 19.7. The van der Waals surface area contributed by atoms with Gasteiger partial charge >= 0.3 is 0 Å². The number of amides is 1. The van der Waals surface area contributed by atoms with Crippen LogP contribution in [0.15, 0.2) is 28.7 Å². The summed E-state index contributed by atoms with van der Waals surface area (Å²) >= 11 is 3.50. The molecule has 2 N–H and O–H groups in total. The molecule has 0 atom stereocenters. The van der Waals surface area contributed by atoms with Crippen LogP contribution in [0, 0.1) is 5.92 Å². The summed E-state index contributed by atoms with van der Waals surface area (Å²) in [4.78, 5) is 12.8. The van der Waals surface area contributed by atoms with Crippen LogP contribution in [-0.4, -0.2) is 24.5 Å². The predicted molar refractivity (Wildman–Crippen MR) is 105 cm³/mol. The largest absolute Gasteiger partial charge is 0.350 e. The van der Waals surface area contributed by atoms with Crippen LogP contribution in [0.5, 0.6) is 0 Å². The zero-order valence-corrected chi connectivity index (χ0v) is 16.6. The summed E-state index contributed by atoms with van der Waals surface area (Å²) in [7, 11) is 0. The van der Waals surface area contributed by atoms with Crippen LogP contribution in [0.25, 0.3) is 0 Å². The average Bonchev–Trinajstić information content (AvgIpc) is 2.58. The van der Waals surface area contributed by atoms with Crippen molar-refractivity contribution in [2.75, 3.05) is 13.1 Å². The van der Waals surface area contributed by atoms with Crippen molar-refractivity contribution in [1.82, 2.24) is 10.6 Å². The summed E-state index contributed by atoms with van der Waals surface area (Å²) in [5, 5.41) is 6.83. The third-order valence-electron chi connectivity index (χ3n) is 5.36. The quantitative estimate of drug-likeness (QED) is 0.772. The molecule has 0 radical (unpaired) electrons. The average molecular weight is 416 g/mol. The van der Waals surface area contributed by atoms with E-state index in [4.69, 9.17) is 0 Å². The van der Waals surface area contributed by atoms with Crippen LogP contribution in [0.2, 0.25) is 0 Å². The van der Waals surface area contributed by atoms with Crippen molar-refractivity contribution in [3.63, 3.8) is 0 Å². The lowest BCUT2D eigenvalue weighted by Crippen LogP contribution is -2.54. The van der Waals surface area contributed by atoms with E-state index in [-0.39, 0.29) is 29.8 Å². The second-order valence-corrected chi connectivity index (χ2v) is 8.07. The zero-order chi connectivity index (χ0) is 16.1. The number of rotatable bonds is 4. The number of hydrogen-bond donors (Lipinski definition) is 2. The van der Waals surface area contributed by atoms with E-state index in [1.807, 2.05) is 0 Å². The van der Waals surface area contributed by atoms with Gasteiger partial charge in [-0.1, -0.05) is 47.3 Å². The first-order valence-electron chi connectivity index (χ1n) is 8.94. The SMILES string of the molecule is Cl.O=C(NC1(Cc2ccc(Br)cc2)CCCCC1)C1CCNCC1. The minimum atomic E-state index is -0.0337. The van der Waals surface area contributed by atoms with E-state index >= 15 is 0 Å². The zero-order valence-electron chi connectivity index (χ0n) is 14.2. The normalized spacial score (nSPS) is 20.9. The number of benzene rings is 1. The molecule has 1 aromatic carbocycles. The third kappa shape index (κ3) is 5.21. The fourth-order valence-corrected chi connectivity index (χ4v) is 4.28. The molecule has 1 aliphatic carbocycles. The fourth-order valence-electron chi connectivity index (χ4n) is 4.02. The Labute approximate surface area is 159 Å². The van der Waals surface area contributed by atoms with E-state index in [0.29, 0.717) is 0 Å². The number of hydrogen-bond acceptors (Lipinski definition) is 2. The molecule has 0 spiro atoms. The predicted octanol–water partition coefficient (Wildman–Crippen LogP) is 4.23. The molecule has 0 bridgehead atoms. The number of piperidine rings is 1. The van der Waals surface area contributed by atoms with Gasteiger partial charge in [0.2, 0.25) is 5.91 Å². The first-order chi connectivity index (χ1) is 11.2. The fraction of sp³-hybridized carbons (Fsp3) is 0.632. The van der Waals surface area contributed by atoms with Gasteiger partial charge in [-0.15, -0.1) is 12.4 Å². The maximum Gasteiger partial charge on any atom is 0.223 e. The molecular weight excluding hydrogens is 388 g/mol. The molecule has 1 aromatic rings. The highest BCUT2D eigenvalue weighted by Crippen LogP contribution is 2.32. The van der Waals surface area contributed by atoms with Gasteiger partial charge in [-0.2, -0.15) is 0 Å². The Kier molecular flexibility index (Phi) is 7.58. The monoisotopic (exact) mass is 414 g/mol. The van der Waals surface area contributed by atoms with Crippen molar-refractivity contribution in [3.8, 4) is 0 Å². The molecule has 134 valence electrons. The lowest BCUT2D eigenvalue weighted by atomic mass is 9.77. The van der Waals surface area contributed by atoms with E-state index in [2.05, 4.69) is 50.8 Å². The van der Waals surface area contributed by atoms with E-state index in [9.17, 15) is 4.79 Å². The lowest BCUT2D eigenvalue weighted by Gasteiger charge is -2.40. The highest BCUT2D eigenvalue weighted by atomic mass is 79.9. The second kappa shape index (κ2) is 9.21. The number of halogens is 2. The van der Waals surface area contributed by atoms with Gasteiger partial charge in [0.15, 0.2) is 0 Å². The van der Waals surface area contributed by atoms with Gasteiger partial charge in [0, 0.05) is 15.9 Å². The molecule has 0 unspecified atom stereocenters. The number of nitrogens with one attached hydrogen (secondary N) is 2. The Hall–Kier alpha value is -0.580. The van der Waals surface area contributed by atoms with E-state index < -0.39 is 0 Å². The summed E-state index contributed by atoms with van der Waals surface area (Å²) in [5.41, 5.74) is 1.29. The Morgan fingerprint density at radius 3 is 2.38 bits per heavy atom. The van der Waals surface area contributed by atoms with Gasteiger partial charge < -0.3 is 10.6 Å². The minimum Gasteiger partial charge on any atom is -0.350 e.